The standard InChI is InChI=1S/C17H15Cl2N3OS/c1-10-3-4-11(2)13(7-10)16-21-22(17(23)24-16)9-20-12-5-6-14(18)15(19)8-12/h3-8,20H,9H2,1-2H3. The molecule has 0 aliphatic carbocycles. The van der Waals surface area contributed by atoms with E-state index in [0.717, 1.165) is 38.7 Å². The molecule has 124 valence electrons. The van der Waals surface area contributed by atoms with Crippen molar-refractivity contribution in [2.45, 2.75) is 20.5 Å². The van der Waals surface area contributed by atoms with Gasteiger partial charge in [-0.1, -0.05) is 52.2 Å². The van der Waals surface area contributed by atoms with Crippen LogP contribution in [0.25, 0.3) is 10.6 Å². The van der Waals surface area contributed by atoms with Gasteiger partial charge in [-0.2, -0.15) is 9.78 Å². The molecule has 0 saturated heterocycles. The third-order valence-electron chi connectivity index (χ3n) is 3.58. The first-order valence-corrected chi connectivity index (χ1v) is 8.86. The first kappa shape index (κ1) is 17.0. The van der Waals surface area contributed by atoms with Gasteiger partial charge in [0.25, 0.3) is 0 Å². The van der Waals surface area contributed by atoms with Crippen molar-refractivity contribution < 1.29 is 0 Å². The Morgan fingerprint density at radius 3 is 2.67 bits per heavy atom. The van der Waals surface area contributed by atoms with E-state index in [9.17, 15) is 4.79 Å². The second kappa shape index (κ2) is 6.97. The van der Waals surface area contributed by atoms with E-state index in [2.05, 4.69) is 10.4 Å². The van der Waals surface area contributed by atoms with E-state index >= 15 is 0 Å². The zero-order valence-corrected chi connectivity index (χ0v) is 15.5. The lowest BCUT2D eigenvalue weighted by molar-refractivity contribution is 0.653. The summed E-state index contributed by atoms with van der Waals surface area (Å²) >= 11 is 13.0. The first-order chi connectivity index (χ1) is 11.4. The first-order valence-electron chi connectivity index (χ1n) is 7.28. The highest BCUT2D eigenvalue weighted by atomic mass is 35.5. The van der Waals surface area contributed by atoms with Crippen molar-refractivity contribution in [3.63, 3.8) is 0 Å². The number of halogens is 2. The van der Waals surface area contributed by atoms with Crippen molar-refractivity contribution in [2.75, 3.05) is 5.32 Å². The van der Waals surface area contributed by atoms with Gasteiger partial charge in [-0.15, -0.1) is 0 Å². The van der Waals surface area contributed by atoms with Crippen LogP contribution < -0.4 is 10.2 Å². The summed E-state index contributed by atoms with van der Waals surface area (Å²) in [5, 5.41) is 9.23. The number of nitrogens with one attached hydrogen (secondary N) is 1. The van der Waals surface area contributed by atoms with E-state index < -0.39 is 0 Å². The van der Waals surface area contributed by atoms with Crippen LogP contribution in [0.1, 0.15) is 11.1 Å². The van der Waals surface area contributed by atoms with E-state index in [4.69, 9.17) is 23.2 Å². The number of hydrogen-bond acceptors (Lipinski definition) is 4. The third-order valence-corrected chi connectivity index (χ3v) is 5.20. The summed E-state index contributed by atoms with van der Waals surface area (Å²) in [5.41, 5.74) is 4.00. The number of rotatable bonds is 4. The lowest BCUT2D eigenvalue weighted by Crippen LogP contribution is -2.19. The third kappa shape index (κ3) is 3.64. The lowest BCUT2D eigenvalue weighted by atomic mass is 10.1. The van der Waals surface area contributed by atoms with Gasteiger partial charge < -0.3 is 5.32 Å². The molecule has 0 aliphatic rings. The molecule has 1 heterocycles. The van der Waals surface area contributed by atoms with E-state index in [0.29, 0.717) is 10.0 Å². The van der Waals surface area contributed by atoms with E-state index in [1.807, 2.05) is 32.0 Å². The van der Waals surface area contributed by atoms with Crippen molar-refractivity contribution in [3.05, 3.63) is 67.2 Å². The predicted octanol–water partition coefficient (Wildman–Crippen LogP) is 4.97. The number of anilines is 1. The molecular weight excluding hydrogens is 365 g/mol. The van der Waals surface area contributed by atoms with Gasteiger partial charge in [-0.25, -0.2) is 0 Å². The Kier molecular flexibility index (Phi) is 4.94. The molecule has 4 nitrogen and oxygen atoms in total. The van der Waals surface area contributed by atoms with Crippen molar-refractivity contribution in [1.29, 1.82) is 0 Å². The minimum Gasteiger partial charge on any atom is -0.366 e. The van der Waals surface area contributed by atoms with Crippen LogP contribution in [0.4, 0.5) is 5.69 Å². The summed E-state index contributed by atoms with van der Waals surface area (Å²) in [4.78, 5) is 12.1. The summed E-state index contributed by atoms with van der Waals surface area (Å²) < 4.78 is 1.41. The van der Waals surface area contributed by atoms with Crippen LogP contribution in [-0.4, -0.2) is 9.78 Å². The molecule has 24 heavy (non-hydrogen) atoms. The lowest BCUT2D eigenvalue weighted by Gasteiger charge is -2.07. The fraction of sp³-hybridized carbons (Fsp3) is 0.176. The molecule has 0 atom stereocenters. The topological polar surface area (TPSA) is 46.9 Å². The molecule has 2 aromatic carbocycles. The molecule has 3 rings (SSSR count). The van der Waals surface area contributed by atoms with Crippen LogP contribution in [-0.2, 0) is 6.67 Å². The van der Waals surface area contributed by atoms with Crippen LogP contribution in [0, 0.1) is 13.8 Å². The van der Waals surface area contributed by atoms with Gasteiger partial charge in [0.05, 0.1) is 10.0 Å². The average Bonchev–Trinajstić information content (AvgIpc) is 2.92. The zero-order chi connectivity index (χ0) is 17.3. The normalized spacial score (nSPS) is 10.8. The Morgan fingerprint density at radius 2 is 1.92 bits per heavy atom. The number of hydrogen-bond donors (Lipinski definition) is 1. The Labute approximate surface area is 153 Å². The molecule has 3 aromatic rings. The van der Waals surface area contributed by atoms with E-state index in [-0.39, 0.29) is 11.5 Å². The van der Waals surface area contributed by atoms with Crippen LogP contribution in [0.5, 0.6) is 0 Å². The molecule has 7 heteroatoms. The van der Waals surface area contributed by atoms with Crippen LogP contribution in [0.3, 0.4) is 0 Å². The smallest absolute Gasteiger partial charge is 0.327 e. The second-order valence-electron chi connectivity index (χ2n) is 5.45. The van der Waals surface area contributed by atoms with E-state index in [1.54, 1.807) is 18.2 Å². The molecular formula is C17H15Cl2N3OS. The maximum Gasteiger partial charge on any atom is 0.327 e. The van der Waals surface area contributed by atoms with Gasteiger partial charge in [0.1, 0.15) is 11.7 Å². The Hall–Kier alpha value is -1.82. The molecule has 0 bridgehead atoms. The number of benzene rings is 2. The van der Waals surface area contributed by atoms with Crippen LogP contribution in [0.2, 0.25) is 10.0 Å². The van der Waals surface area contributed by atoms with Gasteiger partial charge in [0, 0.05) is 11.3 Å². The minimum atomic E-state index is -0.113. The highest BCUT2D eigenvalue weighted by Crippen LogP contribution is 2.26. The Balaban J connectivity index is 1.83. The highest BCUT2D eigenvalue weighted by Gasteiger charge is 2.11. The fourth-order valence-electron chi connectivity index (χ4n) is 2.25. The predicted molar refractivity (Wildman–Crippen MR) is 101 cm³/mol. The van der Waals surface area contributed by atoms with Crippen molar-refractivity contribution in [1.82, 2.24) is 9.78 Å². The van der Waals surface area contributed by atoms with Gasteiger partial charge >= 0.3 is 4.87 Å². The molecule has 1 N–H and O–H groups in total. The summed E-state index contributed by atoms with van der Waals surface area (Å²) in [7, 11) is 0. The van der Waals surface area contributed by atoms with Crippen molar-refractivity contribution >= 4 is 40.2 Å². The quantitative estimate of drug-likeness (QED) is 0.696. The zero-order valence-electron chi connectivity index (χ0n) is 13.1. The minimum absolute atomic E-state index is 0.113. The molecule has 0 amide bonds. The summed E-state index contributed by atoms with van der Waals surface area (Å²) in [6.45, 7) is 4.30. The molecule has 0 aliphatic heterocycles. The number of aromatic nitrogens is 2. The largest absolute Gasteiger partial charge is 0.366 e. The number of nitrogens with zero attached hydrogens (tertiary/aromatic N) is 2. The highest BCUT2D eigenvalue weighted by molar-refractivity contribution is 7.12. The maximum atomic E-state index is 12.2. The van der Waals surface area contributed by atoms with Crippen LogP contribution in [0.15, 0.2) is 41.2 Å². The Bertz CT molecular complexity index is 949. The summed E-state index contributed by atoms with van der Waals surface area (Å²) in [6.07, 6.45) is 0. The molecule has 0 radical (unpaired) electrons. The van der Waals surface area contributed by atoms with E-state index in [1.165, 1.54) is 4.68 Å². The molecule has 1 aromatic heterocycles. The second-order valence-corrected chi connectivity index (χ2v) is 7.21. The Morgan fingerprint density at radius 1 is 1.12 bits per heavy atom. The van der Waals surface area contributed by atoms with Crippen LogP contribution >= 0.6 is 34.5 Å². The van der Waals surface area contributed by atoms with Crippen molar-refractivity contribution in [2.24, 2.45) is 0 Å². The van der Waals surface area contributed by atoms with Gasteiger partial charge in [0.2, 0.25) is 0 Å². The van der Waals surface area contributed by atoms with Gasteiger partial charge in [0.15, 0.2) is 0 Å². The average molecular weight is 380 g/mol. The maximum absolute atomic E-state index is 12.2. The molecule has 0 unspecified atom stereocenters. The van der Waals surface area contributed by atoms with Crippen molar-refractivity contribution in [3.8, 4) is 10.6 Å². The SMILES string of the molecule is Cc1ccc(C)c(-c2nn(CNc3ccc(Cl)c(Cl)c3)c(=O)s2)c1. The van der Waals surface area contributed by atoms with Gasteiger partial charge in [-0.3, -0.25) is 4.79 Å². The summed E-state index contributed by atoms with van der Waals surface area (Å²) in [6, 6.07) is 11.4. The molecule has 0 spiro atoms. The van der Waals surface area contributed by atoms with Gasteiger partial charge in [-0.05, 0) is 43.7 Å². The fourth-order valence-corrected chi connectivity index (χ4v) is 3.40. The number of aryl methyl sites for hydroxylation is 2. The summed E-state index contributed by atoms with van der Waals surface area (Å²) in [5.74, 6) is 0. The molecule has 0 saturated carbocycles. The monoisotopic (exact) mass is 379 g/mol. The molecule has 0 fully saturated rings.